The molecule has 1 aromatic carbocycles. The summed E-state index contributed by atoms with van der Waals surface area (Å²) in [5.74, 6) is 0.495. The van der Waals surface area contributed by atoms with Gasteiger partial charge < -0.3 is 10.6 Å². The van der Waals surface area contributed by atoms with E-state index in [2.05, 4.69) is 37.8 Å². The van der Waals surface area contributed by atoms with Gasteiger partial charge in [-0.25, -0.2) is 4.99 Å². The van der Waals surface area contributed by atoms with Gasteiger partial charge in [-0.2, -0.15) is 18.3 Å². The van der Waals surface area contributed by atoms with Gasteiger partial charge in [-0.3, -0.25) is 9.58 Å². The zero-order valence-corrected chi connectivity index (χ0v) is 17.4. The van der Waals surface area contributed by atoms with E-state index in [1.807, 2.05) is 25.1 Å². The van der Waals surface area contributed by atoms with Crippen LogP contribution in [0.5, 0.6) is 0 Å². The molecule has 0 bridgehead atoms. The highest BCUT2D eigenvalue weighted by molar-refractivity contribution is 5.79. The van der Waals surface area contributed by atoms with E-state index in [4.69, 9.17) is 0 Å². The quantitative estimate of drug-likeness (QED) is 0.531. The number of nitrogens with one attached hydrogen (secondary N) is 2. The standard InChI is InChI=1S/C21H29F3N6/c1-3-25-20(26-13-17-15-29(2)28-19(17)21(22,23)24)27-14-18(30-11-7-8-12-30)16-9-5-4-6-10-16/h4-6,9-10,15,18H,3,7-8,11-14H2,1-2H3,(H2,25,26,27). The van der Waals surface area contributed by atoms with Crippen molar-refractivity contribution in [3.05, 3.63) is 53.3 Å². The van der Waals surface area contributed by atoms with Gasteiger partial charge in [0.1, 0.15) is 0 Å². The maximum absolute atomic E-state index is 13.2. The maximum Gasteiger partial charge on any atom is 0.435 e. The topological polar surface area (TPSA) is 57.5 Å². The lowest BCUT2D eigenvalue weighted by Gasteiger charge is -2.29. The van der Waals surface area contributed by atoms with Crippen LogP contribution in [0.4, 0.5) is 13.2 Å². The van der Waals surface area contributed by atoms with Crippen LogP contribution in [-0.4, -0.2) is 46.8 Å². The summed E-state index contributed by atoms with van der Waals surface area (Å²) >= 11 is 0. The summed E-state index contributed by atoms with van der Waals surface area (Å²) in [6.07, 6.45) is -0.767. The number of hydrogen-bond donors (Lipinski definition) is 2. The highest BCUT2D eigenvalue weighted by Gasteiger charge is 2.36. The molecule has 30 heavy (non-hydrogen) atoms. The highest BCUT2D eigenvalue weighted by atomic mass is 19.4. The summed E-state index contributed by atoms with van der Waals surface area (Å²) in [5.41, 5.74) is 0.388. The van der Waals surface area contributed by atoms with E-state index in [0.717, 1.165) is 13.1 Å². The van der Waals surface area contributed by atoms with Crippen molar-refractivity contribution in [1.29, 1.82) is 0 Å². The first-order valence-corrected chi connectivity index (χ1v) is 10.3. The van der Waals surface area contributed by atoms with Crippen LogP contribution in [-0.2, 0) is 19.8 Å². The predicted molar refractivity (Wildman–Crippen MR) is 111 cm³/mol. The molecule has 1 atom stereocenters. The lowest BCUT2D eigenvalue weighted by molar-refractivity contribution is -0.142. The molecule has 1 aromatic heterocycles. The molecule has 1 aliphatic heterocycles. The third-order valence-electron chi connectivity index (χ3n) is 5.15. The number of halogens is 3. The SMILES string of the molecule is CCNC(=NCc1cn(C)nc1C(F)(F)F)NCC(c1ccccc1)N1CCCC1. The lowest BCUT2D eigenvalue weighted by Crippen LogP contribution is -2.42. The fourth-order valence-electron chi connectivity index (χ4n) is 3.78. The molecule has 1 saturated heterocycles. The van der Waals surface area contributed by atoms with E-state index in [1.165, 1.54) is 36.3 Å². The number of aryl methyl sites for hydroxylation is 1. The molecular weight excluding hydrogens is 393 g/mol. The van der Waals surface area contributed by atoms with Crippen LogP contribution in [0.15, 0.2) is 41.5 Å². The Morgan fingerprint density at radius 2 is 1.87 bits per heavy atom. The number of guanidine groups is 1. The molecule has 9 heteroatoms. The van der Waals surface area contributed by atoms with Gasteiger partial charge >= 0.3 is 6.18 Å². The van der Waals surface area contributed by atoms with Gasteiger partial charge in [0.05, 0.1) is 12.6 Å². The average molecular weight is 422 g/mol. The van der Waals surface area contributed by atoms with E-state index in [-0.39, 0.29) is 18.2 Å². The van der Waals surface area contributed by atoms with Gasteiger partial charge in [-0.05, 0) is 38.4 Å². The molecule has 0 radical (unpaired) electrons. The second-order valence-electron chi connectivity index (χ2n) is 7.42. The van der Waals surface area contributed by atoms with Crippen LogP contribution < -0.4 is 10.6 Å². The van der Waals surface area contributed by atoms with E-state index >= 15 is 0 Å². The second-order valence-corrected chi connectivity index (χ2v) is 7.42. The van der Waals surface area contributed by atoms with Gasteiger partial charge in [0, 0.05) is 31.9 Å². The largest absolute Gasteiger partial charge is 0.435 e. The monoisotopic (exact) mass is 422 g/mol. The van der Waals surface area contributed by atoms with E-state index in [1.54, 1.807) is 0 Å². The molecule has 0 aliphatic carbocycles. The van der Waals surface area contributed by atoms with E-state index < -0.39 is 11.9 Å². The van der Waals surface area contributed by atoms with Gasteiger partial charge in [-0.15, -0.1) is 0 Å². The fraction of sp³-hybridized carbons (Fsp3) is 0.524. The Hall–Kier alpha value is -2.55. The molecular formula is C21H29F3N6. The van der Waals surface area contributed by atoms with Crippen molar-refractivity contribution >= 4 is 5.96 Å². The Labute approximate surface area is 175 Å². The number of hydrogen-bond acceptors (Lipinski definition) is 3. The number of alkyl halides is 3. The highest BCUT2D eigenvalue weighted by Crippen LogP contribution is 2.31. The summed E-state index contributed by atoms with van der Waals surface area (Å²) in [6.45, 7) is 5.15. The molecule has 6 nitrogen and oxygen atoms in total. The molecule has 1 fully saturated rings. The minimum Gasteiger partial charge on any atom is -0.357 e. The zero-order valence-electron chi connectivity index (χ0n) is 17.4. The smallest absolute Gasteiger partial charge is 0.357 e. The molecule has 2 heterocycles. The molecule has 0 spiro atoms. The summed E-state index contributed by atoms with van der Waals surface area (Å²) in [5, 5.41) is 9.99. The molecule has 0 amide bonds. The Balaban J connectivity index is 1.73. The molecule has 0 saturated carbocycles. The maximum atomic E-state index is 13.2. The normalized spacial score (nSPS) is 16.6. The first-order valence-electron chi connectivity index (χ1n) is 10.3. The number of rotatable bonds is 7. The number of nitrogens with zero attached hydrogens (tertiary/aromatic N) is 4. The second kappa shape index (κ2) is 9.97. The van der Waals surface area contributed by atoms with Crippen LogP contribution in [0.3, 0.4) is 0 Å². The van der Waals surface area contributed by atoms with Crippen LogP contribution in [0, 0.1) is 0 Å². The molecule has 2 aromatic rings. The lowest BCUT2D eigenvalue weighted by atomic mass is 10.1. The number of likely N-dealkylation sites (tertiary alicyclic amines) is 1. The molecule has 2 N–H and O–H groups in total. The summed E-state index contributed by atoms with van der Waals surface area (Å²) in [7, 11) is 1.48. The summed E-state index contributed by atoms with van der Waals surface area (Å²) in [6, 6.07) is 10.5. The summed E-state index contributed by atoms with van der Waals surface area (Å²) in [4.78, 5) is 6.83. The molecule has 1 aliphatic rings. The van der Waals surface area contributed by atoms with Gasteiger partial charge in [0.15, 0.2) is 11.7 Å². The molecule has 1 unspecified atom stereocenters. The van der Waals surface area contributed by atoms with E-state index in [9.17, 15) is 13.2 Å². The Morgan fingerprint density at radius 3 is 2.50 bits per heavy atom. The molecule has 164 valence electrons. The van der Waals surface area contributed by atoms with Crippen molar-refractivity contribution in [2.75, 3.05) is 26.2 Å². The number of benzene rings is 1. The van der Waals surface area contributed by atoms with Crippen LogP contribution in [0.2, 0.25) is 0 Å². The van der Waals surface area contributed by atoms with Crippen molar-refractivity contribution in [2.45, 2.75) is 38.5 Å². The van der Waals surface area contributed by atoms with Crippen molar-refractivity contribution in [1.82, 2.24) is 25.3 Å². The predicted octanol–water partition coefficient (Wildman–Crippen LogP) is 3.33. The van der Waals surface area contributed by atoms with Crippen molar-refractivity contribution in [3.63, 3.8) is 0 Å². The first-order chi connectivity index (χ1) is 14.4. The minimum absolute atomic E-state index is 0.0568. The third-order valence-corrected chi connectivity index (χ3v) is 5.15. The average Bonchev–Trinajstić information content (AvgIpc) is 3.36. The van der Waals surface area contributed by atoms with Crippen molar-refractivity contribution in [2.24, 2.45) is 12.0 Å². The first kappa shape index (κ1) is 22.1. The van der Waals surface area contributed by atoms with Gasteiger partial charge in [0.25, 0.3) is 0 Å². The minimum atomic E-state index is -4.49. The van der Waals surface area contributed by atoms with Crippen molar-refractivity contribution in [3.8, 4) is 0 Å². The van der Waals surface area contributed by atoms with Gasteiger partial charge in [-0.1, -0.05) is 30.3 Å². The van der Waals surface area contributed by atoms with Crippen LogP contribution in [0.1, 0.15) is 42.6 Å². The third kappa shape index (κ3) is 5.75. The van der Waals surface area contributed by atoms with Crippen LogP contribution >= 0.6 is 0 Å². The summed E-state index contributed by atoms with van der Waals surface area (Å²) < 4.78 is 40.7. The number of aliphatic imine (C=N–C) groups is 1. The Kier molecular flexibility index (Phi) is 7.36. The zero-order chi connectivity index (χ0) is 21.6. The Morgan fingerprint density at radius 1 is 1.17 bits per heavy atom. The van der Waals surface area contributed by atoms with Crippen LogP contribution in [0.25, 0.3) is 0 Å². The Bertz CT molecular complexity index is 825. The number of aromatic nitrogens is 2. The van der Waals surface area contributed by atoms with Gasteiger partial charge in [0.2, 0.25) is 0 Å². The van der Waals surface area contributed by atoms with E-state index in [0.29, 0.717) is 19.0 Å². The fourth-order valence-corrected chi connectivity index (χ4v) is 3.78. The molecule has 3 rings (SSSR count). The van der Waals surface area contributed by atoms with Crippen molar-refractivity contribution < 1.29 is 13.2 Å².